The molecule has 3 aromatic rings. The quantitative estimate of drug-likeness (QED) is 0.560. The molecule has 2 amide bonds. The minimum Gasteiger partial charge on any atom is -0.497 e. The van der Waals surface area contributed by atoms with E-state index in [9.17, 15) is 14.0 Å². The topological polar surface area (TPSA) is 84.4 Å². The number of nitrogens with zero attached hydrogens (tertiary/aromatic N) is 3. The van der Waals surface area contributed by atoms with Gasteiger partial charge in [0, 0.05) is 24.1 Å². The number of carbonyl (C=O) groups is 2. The summed E-state index contributed by atoms with van der Waals surface area (Å²) in [5.74, 6) is -0.791. The Morgan fingerprint density at radius 3 is 2.50 bits per heavy atom. The van der Waals surface area contributed by atoms with E-state index in [1.54, 1.807) is 37.4 Å². The van der Waals surface area contributed by atoms with Gasteiger partial charge in [0.15, 0.2) is 0 Å². The highest BCUT2D eigenvalue weighted by atomic mass is 19.1. The van der Waals surface area contributed by atoms with Crippen LogP contribution < -0.4 is 15.0 Å². The Bertz CT molecular complexity index is 1120. The van der Waals surface area contributed by atoms with Crippen LogP contribution in [0.3, 0.4) is 0 Å². The van der Waals surface area contributed by atoms with Gasteiger partial charge in [0.2, 0.25) is 5.91 Å². The first kappa shape index (κ1) is 23.4. The summed E-state index contributed by atoms with van der Waals surface area (Å²) in [6, 6.07) is 11.5. The van der Waals surface area contributed by atoms with E-state index in [0.717, 1.165) is 32.1 Å². The van der Waals surface area contributed by atoms with Gasteiger partial charge in [-0.05, 0) is 48.7 Å². The second kappa shape index (κ2) is 10.9. The first-order valence-corrected chi connectivity index (χ1v) is 11.4. The molecule has 7 nitrogen and oxygen atoms in total. The number of nitrogens with one attached hydrogen (secondary N) is 1. The van der Waals surface area contributed by atoms with E-state index in [-0.39, 0.29) is 23.3 Å². The van der Waals surface area contributed by atoms with E-state index in [2.05, 4.69) is 15.3 Å². The fourth-order valence-corrected chi connectivity index (χ4v) is 4.27. The fraction of sp³-hybridized carbons (Fsp3) is 0.308. The highest BCUT2D eigenvalue weighted by molar-refractivity contribution is 6.09. The third-order valence-corrected chi connectivity index (χ3v) is 5.98. The number of methoxy groups -OCH3 is 1. The normalized spacial score (nSPS) is 14.8. The molecule has 176 valence electrons. The second-order valence-electron chi connectivity index (χ2n) is 8.26. The molecule has 0 bridgehead atoms. The molecule has 1 aliphatic rings. The number of benzene rings is 2. The molecule has 1 fully saturated rings. The zero-order valence-electron chi connectivity index (χ0n) is 19.0. The molecular weight excluding hydrogens is 435 g/mol. The van der Waals surface area contributed by atoms with E-state index >= 15 is 0 Å². The largest absolute Gasteiger partial charge is 0.497 e. The number of anilines is 1. The van der Waals surface area contributed by atoms with E-state index in [0.29, 0.717) is 11.3 Å². The van der Waals surface area contributed by atoms with Crippen molar-refractivity contribution in [2.24, 2.45) is 0 Å². The number of ether oxygens (including phenoxy) is 1. The predicted molar refractivity (Wildman–Crippen MR) is 126 cm³/mol. The summed E-state index contributed by atoms with van der Waals surface area (Å²) in [5.41, 5.74) is 0.863. The first-order valence-electron chi connectivity index (χ1n) is 11.4. The Morgan fingerprint density at radius 2 is 1.85 bits per heavy atom. The maximum atomic E-state index is 14.2. The van der Waals surface area contributed by atoms with Gasteiger partial charge in [-0.1, -0.05) is 37.5 Å². The molecule has 0 unspecified atom stereocenters. The van der Waals surface area contributed by atoms with Crippen molar-refractivity contribution in [2.75, 3.05) is 12.0 Å². The molecule has 0 radical (unpaired) electrons. The molecule has 1 aromatic heterocycles. The van der Waals surface area contributed by atoms with Crippen LogP contribution in [0.4, 0.5) is 10.1 Å². The molecule has 1 N–H and O–H groups in total. The van der Waals surface area contributed by atoms with Crippen LogP contribution in [-0.2, 0) is 4.79 Å². The van der Waals surface area contributed by atoms with Gasteiger partial charge in [0.25, 0.3) is 5.91 Å². The van der Waals surface area contributed by atoms with Crippen molar-refractivity contribution in [3.05, 3.63) is 84.2 Å². The van der Waals surface area contributed by atoms with Crippen LogP contribution in [0.5, 0.6) is 5.75 Å². The Morgan fingerprint density at radius 1 is 1.09 bits per heavy atom. The molecule has 1 aliphatic carbocycles. The van der Waals surface area contributed by atoms with Crippen molar-refractivity contribution < 1.29 is 18.7 Å². The Labute approximate surface area is 198 Å². The van der Waals surface area contributed by atoms with Crippen molar-refractivity contribution in [2.45, 2.75) is 44.2 Å². The Hall–Kier alpha value is -3.81. The number of halogens is 1. The molecule has 8 heteroatoms. The summed E-state index contributed by atoms with van der Waals surface area (Å²) in [7, 11) is 1.55. The van der Waals surface area contributed by atoms with Gasteiger partial charge in [-0.2, -0.15) is 0 Å². The van der Waals surface area contributed by atoms with E-state index in [4.69, 9.17) is 4.74 Å². The molecule has 1 heterocycles. The summed E-state index contributed by atoms with van der Waals surface area (Å²) < 4.78 is 19.5. The summed E-state index contributed by atoms with van der Waals surface area (Å²) >= 11 is 0. The van der Waals surface area contributed by atoms with Gasteiger partial charge in [-0.25, -0.2) is 9.37 Å². The van der Waals surface area contributed by atoms with Crippen molar-refractivity contribution in [1.29, 1.82) is 0 Å². The van der Waals surface area contributed by atoms with Gasteiger partial charge in [-0.3, -0.25) is 19.5 Å². The molecule has 0 aliphatic heterocycles. The van der Waals surface area contributed by atoms with Gasteiger partial charge < -0.3 is 10.1 Å². The second-order valence-corrected chi connectivity index (χ2v) is 8.26. The lowest BCUT2D eigenvalue weighted by atomic mass is 9.94. The van der Waals surface area contributed by atoms with Gasteiger partial charge in [0.05, 0.1) is 13.3 Å². The standard InChI is InChI=1S/C26H27FN4O3/c1-34-22-12-10-18(11-13-22)24(25(32)30-20-7-3-2-4-8-20)31(21-9-5-6-19(27)16-21)26(33)23-17-28-14-15-29-23/h5-6,9-17,20,24H,2-4,7-8H2,1H3,(H,30,32)/t24-/m0/s1. The minimum atomic E-state index is -1.05. The summed E-state index contributed by atoms with van der Waals surface area (Å²) in [5, 5.41) is 3.12. The lowest BCUT2D eigenvalue weighted by Crippen LogP contribution is -2.47. The number of aromatic nitrogens is 2. The molecule has 2 aromatic carbocycles. The number of hydrogen-bond donors (Lipinski definition) is 1. The molecule has 4 rings (SSSR count). The van der Waals surface area contributed by atoms with Crippen LogP contribution in [0, 0.1) is 5.82 Å². The average Bonchev–Trinajstić information content (AvgIpc) is 2.88. The smallest absolute Gasteiger partial charge is 0.279 e. The van der Waals surface area contributed by atoms with Crippen molar-refractivity contribution >= 4 is 17.5 Å². The zero-order chi connectivity index (χ0) is 23.9. The van der Waals surface area contributed by atoms with E-state index < -0.39 is 17.8 Å². The van der Waals surface area contributed by atoms with Crippen molar-refractivity contribution in [3.8, 4) is 5.75 Å². The van der Waals surface area contributed by atoms with Crippen LogP contribution in [0.2, 0.25) is 0 Å². The molecule has 0 saturated heterocycles. The maximum Gasteiger partial charge on any atom is 0.279 e. The van der Waals surface area contributed by atoms with Gasteiger partial charge >= 0.3 is 0 Å². The molecule has 1 saturated carbocycles. The highest BCUT2D eigenvalue weighted by Gasteiger charge is 2.35. The maximum absolute atomic E-state index is 14.2. The number of rotatable bonds is 7. The SMILES string of the molecule is COc1ccc([C@@H](C(=O)NC2CCCCC2)N(C(=O)c2cnccn2)c2cccc(F)c2)cc1. The third-order valence-electron chi connectivity index (χ3n) is 5.98. The van der Waals surface area contributed by atoms with E-state index in [1.807, 2.05) is 0 Å². The third kappa shape index (κ3) is 5.39. The number of amides is 2. The molecule has 34 heavy (non-hydrogen) atoms. The summed E-state index contributed by atoms with van der Waals surface area (Å²) in [6.07, 6.45) is 9.21. The number of carbonyl (C=O) groups excluding carboxylic acids is 2. The number of hydrogen-bond acceptors (Lipinski definition) is 5. The van der Waals surface area contributed by atoms with Gasteiger partial charge in [-0.15, -0.1) is 0 Å². The van der Waals surface area contributed by atoms with Crippen LogP contribution in [-0.4, -0.2) is 34.9 Å². The minimum absolute atomic E-state index is 0.0305. The average molecular weight is 463 g/mol. The van der Waals surface area contributed by atoms with E-state index in [1.165, 1.54) is 41.7 Å². The monoisotopic (exact) mass is 462 g/mol. The lowest BCUT2D eigenvalue weighted by molar-refractivity contribution is -0.123. The zero-order valence-corrected chi connectivity index (χ0v) is 19.0. The first-order chi connectivity index (χ1) is 16.6. The van der Waals surface area contributed by atoms with Gasteiger partial charge in [0.1, 0.15) is 23.3 Å². The van der Waals surface area contributed by atoms with Crippen LogP contribution in [0.25, 0.3) is 0 Å². The summed E-state index contributed by atoms with van der Waals surface area (Å²) in [6.45, 7) is 0. The van der Waals surface area contributed by atoms with Crippen molar-refractivity contribution in [3.63, 3.8) is 0 Å². The highest BCUT2D eigenvalue weighted by Crippen LogP contribution is 2.31. The van der Waals surface area contributed by atoms with Crippen LogP contribution in [0.1, 0.15) is 54.2 Å². The molecular formula is C26H27FN4O3. The lowest BCUT2D eigenvalue weighted by Gasteiger charge is -2.33. The van der Waals surface area contributed by atoms with Crippen molar-refractivity contribution in [1.82, 2.24) is 15.3 Å². The van der Waals surface area contributed by atoms with Crippen LogP contribution >= 0.6 is 0 Å². The predicted octanol–water partition coefficient (Wildman–Crippen LogP) is 4.46. The Kier molecular flexibility index (Phi) is 7.47. The Balaban J connectivity index is 1.80. The summed E-state index contributed by atoms with van der Waals surface area (Å²) in [4.78, 5) is 36.8. The fourth-order valence-electron chi connectivity index (χ4n) is 4.27. The van der Waals surface area contributed by atoms with Crippen LogP contribution in [0.15, 0.2) is 67.1 Å². The molecule has 0 spiro atoms. The molecule has 1 atom stereocenters.